The molecule has 0 aliphatic carbocycles. The summed E-state index contributed by atoms with van der Waals surface area (Å²) in [7, 11) is 1.80. The molecule has 1 aromatic heterocycles. The van der Waals surface area contributed by atoms with E-state index >= 15 is 0 Å². The van der Waals surface area contributed by atoms with Crippen molar-refractivity contribution in [2.75, 3.05) is 13.6 Å². The number of carbonyl (C=O) groups is 1. The number of aryl methyl sites for hydroxylation is 1. The first-order valence-electron chi connectivity index (χ1n) is 7.61. The topological polar surface area (TPSA) is 32.3 Å². The fraction of sp³-hybridized carbons (Fsp3) is 0.389. The van der Waals surface area contributed by atoms with Crippen molar-refractivity contribution in [2.45, 2.75) is 33.4 Å². The van der Waals surface area contributed by atoms with Crippen molar-refractivity contribution in [3.05, 3.63) is 46.8 Å². The van der Waals surface area contributed by atoms with Gasteiger partial charge in [0, 0.05) is 15.8 Å². The van der Waals surface area contributed by atoms with E-state index in [4.69, 9.17) is 0 Å². The number of rotatable bonds is 6. The van der Waals surface area contributed by atoms with Crippen molar-refractivity contribution < 1.29 is 4.79 Å². The summed E-state index contributed by atoms with van der Waals surface area (Å²) in [6, 6.07) is 13.0. The molecule has 0 unspecified atom stereocenters. The largest absolute Gasteiger partial charge is 0.334 e. The van der Waals surface area contributed by atoms with Gasteiger partial charge in [0.25, 0.3) is 0 Å². The Bertz CT molecular complexity index is 616. The van der Waals surface area contributed by atoms with Crippen molar-refractivity contribution in [3.8, 4) is 10.4 Å². The van der Waals surface area contributed by atoms with Gasteiger partial charge in [-0.2, -0.15) is 0 Å². The molecule has 0 radical (unpaired) electrons. The molecule has 2 rings (SSSR count). The van der Waals surface area contributed by atoms with E-state index in [1.165, 1.54) is 20.9 Å². The zero-order valence-corrected chi connectivity index (χ0v) is 14.5. The molecular formula is C18H24N2OS. The minimum Gasteiger partial charge on any atom is -0.334 e. The Morgan fingerprint density at radius 3 is 2.45 bits per heavy atom. The van der Waals surface area contributed by atoms with Crippen LogP contribution < -0.4 is 5.32 Å². The van der Waals surface area contributed by atoms with E-state index < -0.39 is 0 Å². The zero-order chi connectivity index (χ0) is 16.1. The third-order valence-electron chi connectivity index (χ3n) is 3.60. The standard InChI is InChI=1S/C18H24N2OS/c1-13(2)20(18(21)11-19-4)12-16-9-10-17(22-16)15-7-5-14(3)6-8-15/h5-10,13,19H,11-12H2,1-4H3. The number of hydrogen-bond donors (Lipinski definition) is 1. The highest BCUT2D eigenvalue weighted by Crippen LogP contribution is 2.29. The van der Waals surface area contributed by atoms with Crippen molar-refractivity contribution in [3.63, 3.8) is 0 Å². The van der Waals surface area contributed by atoms with Crippen LogP contribution in [0.2, 0.25) is 0 Å². The highest BCUT2D eigenvalue weighted by atomic mass is 32.1. The van der Waals surface area contributed by atoms with E-state index in [9.17, 15) is 4.79 Å². The summed E-state index contributed by atoms with van der Waals surface area (Å²) in [5.41, 5.74) is 2.50. The molecule has 0 bridgehead atoms. The number of benzene rings is 1. The van der Waals surface area contributed by atoms with Crippen LogP contribution in [0.25, 0.3) is 10.4 Å². The van der Waals surface area contributed by atoms with Crippen molar-refractivity contribution in [1.82, 2.24) is 10.2 Å². The Morgan fingerprint density at radius 1 is 1.18 bits per heavy atom. The van der Waals surface area contributed by atoms with Gasteiger partial charge in [-0.3, -0.25) is 4.79 Å². The van der Waals surface area contributed by atoms with Crippen LogP contribution in [0, 0.1) is 6.92 Å². The van der Waals surface area contributed by atoms with Gasteiger partial charge < -0.3 is 10.2 Å². The molecule has 0 fully saturated rings. The maximum Gasteiger partial charge on any atom is 0.237 e. The van der Waals surface area contributed by atoms with Crippen LogP contribution in [-0.4, -0.2) is 30.4 Å². The van der Waals surface area contributed by atoms with Gasteiger partial charge in [-0.1, -0.05) is 29.8 Å². The van der Waals surface area contributed by atoms with Crippen molar-refractivity contribution in [2.24, 2.45) is 0 Å². The molecule has 1 N–H and O–H groups in total. The Hall–Kier alpha value is -1.65. The minimum absolute atomic E-state index is 0.141. The summed E-state index contributed by atoms with van der Waals surface area (Å²) in [6.45, 7) is 7.27. The number of hydrogen-bond acceptors (Lipinski definition) is 3. The van der Waals surface area contributed by atoms with Gasteiger partial charge in [0.15, 0.2) is 0 Å². The lowest BCUT2D eigenvalue weighted by Crippen LogP contribution is -2.40. The van der Waals surface area contributed by atoms with Gasteiger partial charge in [-0.05, 0) is 45.5 Å². The Labute approximate surface area is 137 Å². The summed E-state index contributed by atoms with van der Waals surface area (Å²) in [6.07, 6.45) is 0. The predicted octanol–water partition coefficient (Wildman–Crippen LogP) is 3.68. The third-order valence-corrected chi connectivity index (χ3v) is 4.71. The normalized spacial score (nSPS) is 11.0. The molecule has 0 spiro atoms. The van der Waals surface area contributed by atoms with Crippen LogP contribution in [0.15, 0.2) is 36.4 Å². The van der Waals surface area contributed by atoms with E-state index in [2.05, 4.69) is 62.5 Å². The van der Waals surface area contributed by atoms with Gasteiger partial charge in [0.2, 0.25) is 5.91 Å². The third kappa shape index (κ3) is 4.18. The average Bonchev–Trinajstić information content (AvgIpc) is 2.94. The van der Waals surface area contributed by atoms with Crippen LogP contribution in [0.5, 0.6) is 0 Å². The van der Waals surface area contributed by atoms with Gasteiger partial charge in [0.1, 0.15) is 0 Å². The van der Waals surface area contributed by atoms with Gasteiger partial charge >= 0.3 is 0 Å². The number of carbonyl (C=O) groups excluding carboxylic acids is 1. The monoisotopic (exact) mass is 316 g/mol. The molecule has 1 aromatic carbocycles. The van der Waals surface area contributed by atoms with Crippen molar-refractivity contribution >= 4 is 17.2 Å². The lowest BCUT2D eigenvalue weighted by Gasteiger charge is -2.26. The van der Waals surface area contributed by atoms with E-state index in [-0.39, 0.29) is 11.9 Å². The van der Waals surface area contributed by atoms with Crippen LogP contribution >= 0.6 is 11.3 Å². The molecule has 0 atom stereocenters. The second kappa shape index (κ2) is 7.56. The summed E-state index contributed by atoms with van der Waals surface area (Å²) >= 11 is 1.76. The van der Waals surface area contributed by atoms with Crippen LogP contribution in [0.4, 0.5) is 0 Å². The lowest BCUT2D eigenvalue weighted by molar-refractivity contribution is -0.132. The fourth-order valence-electron chi connectivity index (χ4n) is 2.32. The molecule has 1 heterocycles. The SMILES string of the molecule is CNCC(=O)N(Cc1ccc(-c2ccc(C)cc2)s1)C(C)C. The second-order valence-corrected chi connectivity index (χ2v) is 6.95. The van der Waals surface area contributed by atoms with Crippen molar-refractivity contribution in [1.29, 1.82) is 0 Å². The average molecular weight is 316 g/mol. The van der Waals surface area contributed by atoms with Gasteiger partial charge in [-0.15, -0.1) is 11.3 Å². The minimum atomic E-state index is 0.141. The first kappa shape index (κ1) is 16.7. The predicted molar refractivity (Wildman–Crippen MR) is 94.1 cm³/mol. The van der Waals surface area contributed by atoms with Crippen LogP contribution in [-0.2, 0) is 11.3 Å². The van der Waals surface area contributed by atoms with Crippen LogP contribution in [0.3, 0.4) is 0 Å². The molecule has 0 saturated heterocycles. The molecule has 3 nitrogen and oxygen atoms in total. The molecule has 0 saturated carbocycles. The lowest BCUT2D eigenvalue weighted by atomic mass is 10.1. The van der Waals surface area contributed by atoms with E-state index in [0.717, 1.165) is 0 Å². The number of likely N-dealkylation sites (N-methyl/N-ethyl adjacent to an activating group) is 1. The summed E-state index contributed by atoms with van der Waals surface area (Å²) in [4.78, 5) is 16.6. The molecule has 0 aliphatic heterocycles. The second-order valence-electron chi connectivity index (χ2n) is 5.78. The maximum atomic E-state index is 12.2. The molecule has 1 amide bonds. The molecule has 118 valence electrons. The summed E-state index contributed by atoms with van der Waals surface area (Å²) in [5.74, 6) is 0.141. The highest BCUT2D eigenvalue weighted by Gasteiger charge is 2.17. The number of amides is 1. The maximum absolute atomic E-state index is 12.2. The quantitative estimate of drug-likeness (QED) is 0.881. The Balaban J connectivity index is 2.13. The summed E-state index contributed by atoms with van der Waals surface area (Å²) in [5, 5.41) is 2.94. The fourth-order valence-corrected chi connectivity index (χ4v) is 3.33. The molecule has 0 aliphatic rings. The molecule has 2 aromatic rings. The smallest absolute Gasteiger partial charge is 0.237 e. The summed E-state index contributed by atoms with van der Waals surface area (Å²) < 4.78 is 0. The Kier molecular flexibility index (Phi) is 5.75. The first-order valence-corrected chi connectivity index (χ1v) is 8.42. The Morgan fingerprint density at radius 2 is 1.86 bits per heavy atom. The van der Waals surface area contributed by atoms with Gasteiger partial charge in [-0.25, -0.2) is 0 Å². The number of thiophene rings is 1. The highest BCUT2D eigenvalue weighted by molar-refractivity contribution is 7.15. The number of nitrogens with one attached hydrogen (secondary N) is 1. The molecular weight excluding hydrogens is 292 g/mol. The van der Waals surface area contributed by atoms with Gasteiger partial charge in [0.05, 0.1) is 13.1 Å². The van der Waals surface area contributed by atoms with E-state index in [1.54, 1.807) is 18.4 Å². The van der Waals surface area contributed by atoms with E-state index in [1.807, 2.05) is 4.90 Å². The molecule has 22 heavy (non-hydrogen) atoms. The zero-order valence-electron chi connectivity index (χ0n) is 13.7. The van der Waals surface area contributed by atoms with E-state index in [0.29, 0.717) is 13.1 Å². The van der Waals surface area contributed by atoms with Crippen LogP contribution in [0.1, 0.15) is 24.3 Å². The molecule has 4 heteroatoms. The number of nitrogens with zero attached hydrogens (tertiary/aromatic N) is 1. The first-order chi connectivity index (χ1) is 10.5.